The van der Waals surface area contributed by atoms with Crippen molar-refractivity contribution in [3.8, 4) is 0 Å². The minimum absolute atomic E-state index is 0. The molecule has 1 aliphatic rings. The van der Waals surface area contributed by atoms with Gasteiger partial charge < -0.3 is 22.7 Å². The smallest absolute Gasteiger partial charge is 1.00 e. The minimum Gasteiger partial charge on any atom is -1.00 e. The number of rotatable bonds is 11. The zero-order valence-electron chi connectivity index (χ0n) is 16.1. The fourth-order valence-electron chi connectivity index (χ4n) is 2.20. The molecule has 1 aliphatic carbocycles. The number of unbranched alkanes of at least 4 members (excludes halogenated alkanes) is 2. The summed E-state index contributed by atoms with van der Waals surface area (Å²) in [5.74, 6) is -1.37. The molecule has 7 nitrogen and oxygen atoms in total. The number of carboxylic acid groups (broad SMARTS) is 2. The van der Waals surface area contributed by atoms with Crippen molar-refractivity contribution < 1.29 is 55.6 Å². The molecular weight excluding hydrogens is 355 g/mol. The molecule has 1 amide bonds. The minimum atomic E-state index is -1.14. The first-order chi connectivity index (χ1) is 11.1. The normalized spacial score (nSPS) is 19.5. The van der Waals surface area contributed by atoms with Crippen molar-refractivity contribution >= 4 is 29.6 Å². The van der Waals surface area contributed by atoms with Gasteiger partial charge in [0.25, 0.3) is 0 Å². The Bertz CT molecular complexity index is 531. The fraction of sp³-hybridized carbons (Fsp3) is 0.688. The first-order valence-corrected chi connectivity index (χ1v) is 9.11. The Balaban J connectivity index is 0. The second-order valence-corrected chi connectivity index (χ2v) is 7.82. The molecule has 0 aromatic rings. The number of aliphatic carboxylic acids is 2. The van der Waals surface area contributed by atoms with Crippen LogP contribution >= 0.6 is 11.8 Å². The molecule has 138 valence electrons. The molecule has 0 bridgehead atoms. The van der Waals surface area contributed by atoms with E-state index in [4.69, 9.17) is 15.9 Å². The Morgan fingerprint density at radius 3 is 2.44 bits per heavy atom. The van der Waals surface area contributed by atoms with E-state index in [1.807, 2.05) is 13.8 Å². The molecule has 0 spiro atoms. The van der Waals surface area contributed by atoms with Gasteiger partial charge in [-0.05, 0) is 36.9 Å². The zero-order chi connectivity index (χ0) is 18.3. The van der Waals surface area contributed by atoms with E-state index in [-0.39, 0.29) is 53.9 Å². The van der Waals surface area contributed by atoms with Gasteiger partial charge in [0.1, 0.15) is 11.7 Å². The maximum Gasteiger partial charge on any atom is 1.00 e. The second-order valence-electron chi connectivity index (χ2n) is 6.67. The predicted molar refractivity (Wildman–Crippen MR) is 93.6 cm³/mol. The SMILES string of the molecule is CC1(C)C[C@@H]1C(=O)N/C(=C\CCCCSC[C@H](N)C(=O)O)C(=O)O.[H-].[Na+]. The molecule has 5 N–H and O–H groups in total. The third-order valence-electron chi connectivity index (χ3n) is 4.02. The largest absolute Gasteiger partial charge is 1.00 e. The summed E-state index contributed by atoms with van der Waals surface area (Å²) < 4.78 is 0. The van der Waals surface area contributed by atoms with E-state index in [9.17, 15) is 14.4 Å². The van der Waals surface area contributed by atoms with Crippen LogP contribution in [0.2, 0.25) is 0 Å². The van der Waals surface area contributed by atoms with Gasteiger partial charge in [-0.3, -0.25) is 9.59 Å². The summed E-state index contributed by atoms with van der Waals surface area (Å²) in [6.07, 6.45) is 4.44. The molecule has 0 aromatic carbocycles. The van der Waals surface area contributed by atoms with Gasteiger partial charge in [0.05, 0.1) is 0 Å². The molecule has 1 fully saturated rings. The number of nitrogens with two attached hydrogens (primary N) is 1. The average molecular weight is 382 g/mol. The summed E-state index contributed by atoms with van der Waals surface area (Å²) >= 11 is 1.46. The molecule has 0 aliphatic heterocycles. The van der Waals surface area contributed by atoms with E-state index in [0.29, 0.717) is 12.2 Å². The molecule has 1 saturated carbocycles. The van der Waals surface area contributed by atoms with Gasteiger partial charge in [0.2, 0.25) is 5.91 Å². The first-order valence-electron chi connectivity index (χ1n) is 7.95. The van der Waals surface area contributed by atoms with Crippen molar-refractivity contribution in [2.24, 2.45) is 17.1 Å². The van der Waals surface area contributed by atoms with Crippen molar-refractivity contribution in [1.29, 1.82) is 0 Å². The van der Waals surface area contributed by atoms with Gasteiger partial charge in [0, 0.05) is 11.7 Å². The summed E-state index contributed by atoms with van der Waals surface area (Å²) in [7, 11) is 0. The van der Waals surface area contributed by atoms with Crippen molar-refractivity contribution in [1.82, 2.24) is 5.32 Å². The monoisotopic (exact) mass is 382 g/mol. The summed E-state index contributed by atoms with van der Waals surface area (Å²) in [5, 5.41) is 20.3. The van der Waals surface area contributed by atoms with Crippen molar-refractivity contribution in [2.75, 3.05) is 11.5 Å². The van der Waals surface area contributed by atoms with Gasteiger partial charge in [0.15, 0.2) is 0 Å². The Kier molecular flexibility index (Phi) is 11.0. The second kappa shape index (κ2) is 11.2. The van der Waals surface area contributed by atoms with Gasteiger partial charge in [-0.1, -0.05) is 19.9 Å². The Labute approximate surface area is 176 Å². The molecule has 0 radical (unpaired) electrons. The molecule has 2 atom stereocenters. The molecule has 0 aromatic heterocycles. The number of nitrogens with one attached hydrogen (secondary N) is 1. The van der Waals surface area contributed by atoms with Crippen LogP contribution in [0.4, 0.5) is 0 Å². The number of amides is 1. The van der Waals surface area contributed by atoms with E-state index in [0.717, 1.165) is 25.0 Å². The van der Waals surface area contributed by atoms with Crippen LogP contribution in [0.5, 0.6) is 0 Å². The third kappa shape index (κ3) is 9.10. The summed E-state index contributed by atoms with van der Waals surface area (Å²) in [4.78, 5) is 33.7. The van der Waals surface area contributed by atoms with E-state index in [1.165, 1.54) is 17.8 Å². The number of carbonyl (C=O) groups is 3. The Hall–Kier alpha value is -0.540. The fourth-order valence-corrected chi connectivity index (χ4v) is 3.17. The van der Waals surface area contributed by atoms with Gasteiger partial charge in [-0.2, -0.15) is 11.8 Å². The molecule has 1 rings (SSSR count). The summed E-state index contributed by atoms with van der Waals surface area (Å²) in [6, 6.07) is -0.851. The van der Waals surface area contributed by atoms with Crippen molar-refractivity contribution in [3.05, 3.63) is 11.8 Å². The van der Waals surface area contributed by atoms with Crippen molar-refractivity contribution in [2.45, 2.75) is 45.6 Å². The van der Waals surface area contributed by atoms with Crippen molar-refractivity contribution in [3.63, 3.8) is 0 Å². The zero-order valence-corrected chi connectivity index (χ0v) is 17.9. The van der Waals surface area contributed by atoms with Crippen LogP contribution in [-0.2, 0) is 14.4 Å². The van der Waals surface area contributed by atoms with E-state index in [1.54, 1.807) is 0 Å². The average Bonchev–Trinajstić information content (AvgIpc) is 3.13. The number of carboxylic acids is 2. The molecule has 9 heteroatoms. The van der Waals surface area contributed by atoms with Gasteiger partial charge in [-0.15, -0.1) is 0 Å². The maximum atomic E-state index is 12.0. The molecule has 0 saturated heterocycles. The standard InChI is InChI=1S/C16H26N2O5S.Na.H/c1-16(2)8-10(16)13(19)18-12(15(22)23)6-4-3-5-7-24-9-11(17)14(20)21;;/h6,10-11H,3-5,7-9,17H2,1-2H3,(H,18,19)(H,20,21)(H,22,23);;/q;+1;-1/b12-6-;;/t10-,11+;;/m1../s1. The van der Waals surface area contributed by atoms with Crippen LogP contribution in [0, 0.1) is 11.3 Å². The van der Waals surface area contributed by atoms with Crippen LogP contribution in [0.1, 0.15) is 41.0 Å². The molecule has 25 heavy (non-hydrogen) atoms. The molecule has 0 unspecified atom stereocenters. The Morgan fingerprint density at radius 1 is 1.36 bits per heavy atom. The van der Waals surface area contributed by atoms with E-state index >= 15 is 0 Å². The van der Waals surface area contributed by atoms with Crippen LogP contribution in [-0.4, -0.2) is 45.6 Å². The number of hydrogen-bond acceptors (Lipinski definition) is 5. The topological polar surface area (TPSA) is 130 Å². The number of hydrogen-bond donors (Lipinski definition) is 4. The van der Waals surface area contributed by atoms with Crippen LogP contribution < -0.4 is 40.6 Å². The first kappa shape index (κ1) is 24.5. The third-order valence-corrected chi connectivity index (χ3v) is 5.20. The number of carbonyl (C=O) groups excluding carboxylic acids is 1. The quantitative estimate of drug-likeness (QED) is 0.195. The summed E-state index contributed by atoms with van der Waals surface area (Å²) in [6.45, 7) is 3.96. The molecule has 0 heterocycles. The number of allylic oxidation sites excluding steroid dienone is 1. The number of thioether (sulfide) groups is 1. The van der Waals surface area contributed by atoms with Crippen LogP contribution in [0.25, 0.3) is 0 Å². The van der Waals surface area contributed by atoms with E-state index in [2.05, 4.69) is 5.32 Å². The van der Waals surface area contributed by atoms with E-state index < -0.39 is 18.0 Å². The summed E-state index contributed by atoms with van der Waals surface area (Å²) in [5.41, 5.74) is 5.28. The maximum absolute atomic E-state index is 12.0. The predicted octanol–water partition coefficient (Wildman–Crippen LogP) is -1.45. The van der Waals surface area contributed by atoms with Gasteiger partial charge in [-0.25, -0.2) is 4.79 Å². The Morgan fingerprint density at radius 2 is 1.96 bits per heavy atom. The van der Waals surface area contributed by atoms with Crippen LogP contribution in [0.15, 0.2) is 11.8 Å². The molecular formula is C16H27N2NaO5S. The van der Waals surface area contributed by atoms with Gasteiger partial charge >= 0.3 is 41.5 Å². The van der Waals surface area contributed by atoms with Crippen LogP contribution in [0.3, 0.4) is 0 Å².